The highest BCUT2D eigenvalue weighted by Crippen LogP contribution is 2.31. The Kier molecular flexibility index (Phi) is 6.95. The number of amides is 3. The highest BCUT2D eigenvalue weighted by atomic mass is 16.6. The minimum absolute atomic E-state index is 0.122. The molecule has 0 spiro atoms. The summed E-state index contributed by atoms with van der Waals surface area (Å²) < 4.78 is 5.52. The fourth-order valence-corrected chi connectivity index (χ4v) is 5.47. The Labute approximate surface area is 218 Å². The maximum atomic E-state index is 13.8. The largest absolute Gasteiger partial charge is 0.502 e. The van der Waals surface area contributed by atoms with E-state index in [0.29, 0.717) is 12.0 Å². The van der Waals surface area contributed by atoms with E-state index in [0.717, 1.165) is 42.4 Å². The molecule has 1 saturated carbocycles. The van der Waals surface area contributed by atoms with Crippen LogP contribution in [0.5, 0.6) is 5.75 Å². The molecule has 2 aliphatic rings. The summed E-state index contributed by atoms with van der Waals surface area (Å²) in [7, 11) is 0. The minimum atomic E-state index is -1.24. The summed E-state index contributed by atoms with van der Waals surface area (Å²) in [6, 6.07) is 12.4. The van der Waals surface area contributed by atoms with Gasteiger partial charge < -0.3 is 14.8 Å². The summed E-state index contributed by atoms with van der Waals surface area (Å²) in [5, 5.41) is 24.3. The molecule has 3 aromatic rings. The molecule has 0 saturated heterocycles. The number of phenols is 1. The third-order valence-electron chi connectivity index (χ3n) is 7.39. The van der Waals surface area contributed by atoms with Gasteiger partial charge in [-0.3, -0.25) is 29.4 Å². The van der Waals surface area contributed by atoms with Crippen LogP contribution in [0.1, 0.15) is 57.7 Å². The Morgan fingerprint density at radius 3 is 2.45 bits per heavy atom. The lowest BCUT2D eigenvalue weighted by Gasteiger charge is -2.34. The van der Waals surface area contributed by atoms with E-state index in [9.17, 15) is 29.6 Å². The van der Waals surface area contributed by atoms with Crippen LogP contribution in [0.2, 0.25) is 0 Å². The molecule has 38 heavy (non-hydrogen) atoms. The van der Waals surface area contributed by atoms with E-state index in [1.54, 1.807) is 18.4 Å². The number of benzene rings is 2. The zero-order chi connectivity index (χ0) is 26.8. The van der Waals surface area contributed by atoms with Gasteiger partial charge in [-0.1, -0.05) is 31.0 Å². The number of nitro groups is 1. The molecule has 2 heterocycles. The van der Waals surface area contributed by atoms with E-state index >= 15 is 0 Å². The Hall–Kier alpha value is -4.47. The molecule has 0 radical (unpaired) electrons. The number of hydrogen-bond donors (Lipinski definition) is 2. The fourth-order valence-electron chi connectivity index (χ4n) is 5.47. The van der Waals surface area contributed by atoms with Gasteiger partial charge >= 0.3 is 5.69 Å². The van der Waals surface area contributed by atoms with Gasteiger partial charge in [0.1, 0.15) is 11.8 Å². The van der Waals surface area contributed by atoms with Gasteiger partial charge in [-0.25, -0.2) is 0 Å². The van der Waals surface area contributed by atoms with Gasteiger partial charge in [0, 0.05) is 24.9 Å². The van der Waals surface area contributed by atoms with Crippen molar-refractivity contribution in [2.75, 3.05) is 0 Å². The SMILES string of the molecule is O=C(NC1CCCCC1Cc1ccco1)C(Cc1ccc(O)c([N+](=O)[O-])c1)N1C(=O)c2ccccc2C1=O. The van der Waals surface area contributed by atoms with Gasteiger partial charge in [-0.05, 0) is 54.7 Å². The van der Waals surface area contributed by atoms with Crippen LogP contribution < -0.4 is 5.32 Å². The van der Waals surface area contributed by atoms with Gasteiger partial charge in [0.25, 0.3) is 11.8 Å². The fraction of sp³-hybridized carbons (Fsp3) is 0.321. The molecule has 1 aliphatic carbocycles. The first-order valence-corrected chi connectivity index (χ1v) is 12.6. The van der Waals surface area contributed by atoms with Crippen LogP contribution in [0.4, 0.5) is 5.69 Å². The van der Waals surface area contributed by atoms with Crippen molar-refractivity contribution in [1.29, 1.82) is 0 Å². The second kappa shape index (κ2) is 10.5. The number of carbonyl (C=O) groups excluding carboxylic acids is 3. The van der Waals surface area contributed by atoms with E-state index in [2.05, 4.69) is 5.32 Å². The summed E-state index contributed by atoms with van der Waals surface area (Å²) in [4.78, 5) is 52.0. The number of furan rings is 1. The van der Waals surface area contributed by atoms with Gasteiger partial charge in [-0.15, -0.1) is 0 Å². The van der Waals surface area contributed by atoms with E-state index < -0.39 is 40.1 Å². The second-order valence-electron chi connectivity index (χ2n) is 9.77. The predicted molar refractivity (Wildman–Crippen MR) is 135 cm³/mol. The molecule has 10 nitrogen and oxygen atoms in total. The Morgan fingerprint density at radius 2 is 1.79 bits per heavy atom. The van der Waals surface area contributed by atoms with Crippen molar-refractivity contribution in [3.05, 3.63) is 93.4 Å². The number of aromatic hydroxyl groups is 1. The molecule has 2 N–H and O–H groups in total. The van der Waals surface area contributed by atoms with Gasteiger partial charge in [0.15, 0.2) is 5.75 Å². The number of rotatable bonds is 8. The van der Waals surface area contributed by atoms with Crippen molar-refractivity contribution in [2.24, 2.45) is 5.92 Å². The van der Waals surface area contributed by atoms with Crippen molar-refractivity contribution in [1.82, 2.24) is 10.2 Å². The first kappa shape index (κ1) is 25.2. The molecule has 196 valence electrons. The lowest BCUT2D eigenvalue weighted by Crippen LogP contribution is -2.54. The molecule has 3 unspecified atom stereocenters. The lowest BCUT2D eigenvalue weighted by molar-refractivity contribution is -0.385. The van der Waals surface area contributed by atoms with Crippen molar-refractivity contribution in [3.8, 4) is 5.75 Å². The monoisotopic (exact) mass is 517 g/mol. The molecule has 3 atom stereocenters. The zero-order valence-electron chi connectivity index (χ0n) is 20.5. The van der Waals surface area contributed by atoms with Crippen LogP contribution in [0.15, 0.2) is 65.3 Å². The average molecular weight is 518 g/mol. The smallest absolute Gasteiger partial charge is 0.310 e. The number of fused-ring (bicyclic) bond motifs is 1. The molecule has 3 amide bonds. The number of nitrogens with zero attached hydrogens (tertiary/aromatic N) is 2. The number of nitrogens with one attached hydrogen (secondary N) is 1. The van der Waals surface area contributed by atoms with Gasteiger partial charge in [0.05, 0.1) is 22.3 Å². The third-order valence-corrected chi connectivity index (χ3v) is 7.39. The maximum absolute atomic E-state index is 13.8. The Morgan fingerprint density at radius 1 is 1.08 bits per heavy atom. The number of hydrogen-bond acceptors (Lipinski definition) is 7. The molecular weight excluding hydrogens is 490 g/mol. The predicted octanol–water partition coefficient (Wildman–Crippen LogP) is 4.02. The third kappa shape index (κ3) is 4.89. The van der Waals surface area contributed by atoms with E-state index in [1.165, 1.54) is 24.3 Å². The second-order valence-corrected chi connectivity index (χ2v) is 9.77. The molecular formula is C28H27N3O7. The normalized spacial score (nSPS) is 19.7. The quantitative estimate of drug-likeness (QED) is 0.261. The van der Waals surface area contributed by atoms with Crippen molar-refractivity contribution in [2.45, 2.75) is 50.6 Å². The lowest BCUT2D eigenvalue weighted by atomic mass is 9.81. The van der Waals surface area contributed by atoms with Crippen LogP contribution in [0, 0.1) is 16.0 Å². The van der Waals surface area contributed by atoms with Gasteiger partial charge in [0.2, 0.25) is 5.91 Å². The number of nitro benzene ring substituents is 1. The molecule has 1 aromatic heterocycles. The first-order chi connectivity index (χ1) is 18.3. The standard InChI is InChI=1S/C28H27N3O7/c32-25-12-11-17(14-23(25)31(36)37)15-24(30-27(34)20-8-2-3-9-21(20)28(30)35)26(33)29-22-10-4-1-6-18(22)16-19-7-5-13-38-19/h2-3,5,7-9,11-14,18,22,24,32H,1,4,6,10,15-16H2,(H,29,33). The first-order valence-electron chi connectivity index (χ1n) is 12.6. The van der Waals surface area contributed by atoms with Crippen molar-refractivity contribution in [3.63, 3.8) is 0 Å². The summed E-state index contributed by atoms with van der Waals surface area (Å²) in [5.41, 5.74) is 0.234. The summed E-state index contributed by atoms with van der Waals surface area (Å²) in [6.45, 7) is 0. The molecule has 1 fully saturated rings. The number of imide groups is 1. The van der Waals surface area contributed by atoms with Crippen LogP contribution in [-0.4, -0.2) is 44.7 Å². The molecule has 2 aromatic carbocycles. The average Bonchev–Trinajstić information content (AvgIpc) is 3.51. The molecule has 5 rings (SSSR count). The Balaban J connectivity index is 1.45. The highest BCUT2D eigenvalue weighted by Gasteiger charge is 2.43. The van der Waals surface area contributed by atoms with Crippen molar-refractivity contribution < 1.29 is 28.8 Å². The van der Waals surface area contributed by atoms with Crippen LogP contribution in [-0.2, 0) is 17.6 Å². The molecule has 10 heteroatoms. The van der Waals surface area contributed by atoms with Gasteiger partial charge in [-0.2, -0.15) is 0 Å². The number of phenolic OH excluding ortho intramolecular Hbond substituents is 1. The topological polar surface area (TPSA) is 143 Å². The van der Waals surface area contributed by atoms with E-state index in [1.807, 2.05) is 12.1 Å². The Bertz CT molecular complexity index is 1350. The number of carbonyl (C=O) groups is 3. The minimum Gasteiger partial charge on any atom is -0.502 e. The van der Waals surface area contributed by atoms with Crippen LogP contribution >= 0.6 is 0 Å². The molecule has 0 bridgehead atoms. The van der Waals surface area contributed by atoms with Crippen LogP contribution in [0.3, 0.4) is 0 Å². The summed E-state index contributed by atoms with van der Waals surface area (Å²) in [5.74, 6) is -1.25. The summed E-state index contributed by atoms with van der Waals surface area (Å²) in [6.07, 6.45) is 5.72. The molecule has 1 aliphatic heterocycles. The van der Waals surface area contributed by atoms with Crippen molar-refractivity contribution >= 4 is 23.4 Å². The zero-order valence-corrected chi connectivity index (χ0v) is 20.5. The van der Waals surface area contributed by atoms with E-state index in [-0.39, 0.29) is 29.5 Å². The van der Waals surface area contributed by atoms with Crippen LogP contribution in [0.25, 0.3) is 0 Å². The highest BCUT2D eigenvalue weighted by molar-refractivity contribution is 6.22. The summed E-state index contributed by atoms with van der Waals surface area (Å²) >= 11 is 0. The van der Waals surface area contributed by atoms with E-state index in [4.69, 9.17) is 4.42 Å². The maximum Gasteiger partial charge on any atom is 0.310 e.